The van der Waals surface area contributed by atoms with Crippen LogP contribution in [0.1, 0.15) is 25.8 Å². The van der Waals surface area contributed by atoms with Crippen LogP contribution in [0.25, 0.3) is 0 Å². The van der Waals surface area contributed by atoms with Gasteiger partial charge in [0.2, 0.25) is 0 Å². The van der Waals surface area contributed by atoms with Gasteiger partial charge < -0.3 is 10.1 Å². The van der Waals surface area contributed by atoms with E-state index in [1.54, 1.807) is 12.1 Å². The molecule has 0 amide bonds. The molecule has 1 rings (SSSR count). The first kappa shape index (κ1) is 14.9. The molecule has 0 saturated heterocycles. The Morgan fingerprint density at radius 3 is 2.84 bits per heavy atom. The Morgan fingerprint density at radius 1 is 1.53 bits per heavy atom. The van der Waals surface area contributed by atoms with Crippen LogP contribution in [0.4, 0.5) is 11.4 Å². The molecule has 0 aliphatic carbocycles. The standard InChI is InChI=1S/C13H17N3O3/c1-10(2)19-7-3-6-15-12-5-4-11(9-14)8-13(12)16(17)18/h4-5,8,10,15H,3,6-7H2,1-2H3. The maximum absolute atomic E-state index is 10.9. The molecule has 0 fully saturated rings. The first-order valence-corrected chi connectivity index (χ1v) is 6.08. The molecule has 1 aromatic carbocycles. The molecule has 0 bridgehead atoms. The van der Waals surface area contributed by atoms with Crippen LogP contribution in [0.5, 0.6) is 0 Å². The number of ether oxygens (including phenoxy) is 1. The third-order valence-electron chi connectivity index (χ3n) is 2.41. The summed E-state index contributed by atoms with van der Waals surface area (Å²) in [5.41, 5.74) is 0.623. The summed E-state index contributed by atoms with van der Waals surface area (Å²) in [6.45, 7) is 5.10. The summed E-state index contributed by atoms with van der Waals surface area (Å²) in [5, 5.41) is 22.6. The van der Waals surface area contributed by atoms with Gasteiger partial charge in [0.1, 0.15) is 5.69 Å². The maximum Gasteiger partial charge on any atom is 0.293 e. The predicted molar refractivity (Wildman–Crippen MR) is 72.0 cm³/mol. The maximum atomic E-state index is 10.9. The van der Waals surface area contributed by atoms with Crippen molar-refractivity contribution in [3.8, 4) is 6.07 Å². The number of hydrogen-bond donors (Lipinski definition) is 1. The summed E-state index contributed by atoms with van der Waals surface area (Å²) >= 11 is 0. The number of nitrogens with zero attached hydrogens (tertiary/aromatic N) is 2. The van der Waals surface area contributed by atoms with Crippen LogP contribution >= 0.6 is 0 Å². The van der Waals surface area contributed by atoms with Crippen molar-refractivity contribution in [3.63, 3.8) is 0 Å². The fraction of sp³-hybridized carbons (Fsp3) is 0.462. The zero-order chi connectivity index (χ0) is 14.3. The molecule has 0 aromatic heterocycles. The molecule has 0 aliphatic rings. The topological polar surface area (TPSA) is 88.2 Å². The number of nitriles is 1. The molecule has 0 atom stereocenters. The lowest BCUT2D eigenvalue weighted by Gasteiger charge is -2.09. The van der Waals surface area contributed by atoms with Gasteiger partial charge >= 0.3 is 0 Å². The highest BCUT2D eigenvalue weighted by molar-refractivity contribution is 5.63. The number of nitro groups is 1. The molecule has 0 unspecified atom stereocenters. The van der Waals surface area contributed by atoms with Crippen LogP contribution < -0.4 is 5.32 Å². The lowest BCUT2D eigenvalue weighted by Crippen LogP contribution is -2.10. The van der Waals surface area contributed by atoms with Crippen LogP contribution in [0.2, 0.25) is 0 Å². The quantitative estimate of drug-likeness (QED) is 0.464. The summed E-state index contributed by atoms with van der Waals surface area (Å²) in [6, 6.07) is 6.27. The second kappa shape index (κ2) is 7.34. The van der Waals surface area contributed by atoms with Gasteiger partial charge in [0.25, 0.3) is 5.69 Å². The van der Waals surface area contributed by atoms with Gasteiger partial charge in [0.05, 0.1) is 22.7 Å². The van der Waals surface area contributed by atoms with Crippen molar-refractivity contribution >= 4 is 11.4 Å². The normalized spacial score (nSPS) is 10.2. The van der Waals surface area contributed by atoms with Crippen molar-refractivity contribution in [1.29, 1.82) is 5.26 Å². The van der Waals surface area contributed by atoms with E-state index in [9.17, 15) is 10.1 Å². The predicted octanol–water partition coefficient (Wildman–Crippen LogP) is 2.69. The lowest BCUT2D eigenvalue weighted by atomic mass is 10.2. The van der Waals surface area contributed by atoms with Crippen LogP contribution in [-0.2, 0) is 4.74 Å². The number of nitrogens with one attached hydrogen (secondary N) is 1. The minimum atomic E-state index is -0.492. The molecule has 19 heavy (non-hydrogen) atoms. The van der Waals surface area contributed by atoms with Gasteiger partial charge in [-0.05, 0) is 32.4 Å². The lowest BCUT2D eigenvalue weighted by molar-refractivity contribution is -0.384. The summed E-state index contributed by atoms with van der Waals surface area (Å²) < 4.78 is 5.38. The molecule has 6 heteroatoms. The van der Waals surface area contributed by atoms with Crippen LogP contribution in [0.3, 0.4) is 0 Å². The van der Waals surface area contributed by atoms with E-state index in [1.807, 2.05) is 19.9 Å². The molecule has 0 saturated carbocycles. The third kappa shape index (κ3) is 4.94. The SMILES string of the molecule is CC(C)OCCCNc1ccc(C#N)cc1[N+](=O)[O-]. The van der Waals surface area contributed by atoms with E-state index >= 15 is 0 Å². The molecule has 1 N–H and O–H groups in total. The van der Waals surface area contributed by atoms with Gasteiger partial charge in [-0.1, -0.05) is 0 Å². The Morgan fingerprint density at radius 2 is 2.26 bits per heavy atom. The molecule has 102 valence electrons. The van der Waals surface area contributed by atoms with Crippen molar-refractivity contribution in [2.24, 2.45) is 0 Å². The number of nitro benzene ring substituents is 1. The Kier molecular flexibility index (Phi) is 5.76. The van der Waals surface area contributed by atoms with Crippen LogP contribution in [-0.4, -0.2) is 24.2 Å². The van der Waals surface area contributed by atoms with E-state index in [2.05, 4.69) is 5.32 Å². The Balaban J connectivity index is 2.58. The van der Waals surface area contributed by atoms with Crippen molar-refractivity contribution in [1.82, 2.24) is 0 Å². The highest BCUT2D eigenvalue weighted by atomic mass is 16.6. The van der Waals surface area contributed by atoms with Crippen molar-refractivity contribution in [2.75, 3.05) is 18.5 Å². The van der Waals surface area contributed by atoms with E-state index in [0.29, 0.717) is 18.8 Å². The van der Waals surface area contributed by atoms with Gasteiger partial charge in [-0.3, -0.25) is 10.1 Å². The van der Waals surface area contributed by atoms with Crippen molar-refractivity contribution < 1.29 is 9.66 Å². The second-order valence-corrected chi connectivity index (χ2v) is 4.30. The second-order valence-electron chi connectivity index (χ2n) is 4.30. The third-order valence-corrected chi connectivity index (χ3v) is 2.41. The molecule has 0 aliphatic heterocycles. The fourth-order valence-corrected chi connectivity index (χ4v) is 1.52. The van der Waals surface area contributed by atoms with Gasteiger partial charge in [0.15, 0.2) is 0 Å². The van der Waals surface area contributed by atoms with E-state index in [-0.39, 0.29) is 17.4 Å². The first-order chi connectivity index (χ1) is 9.04. The zero-order valence-electron chi connectivity index (χ0n) is 11.0. The average Bonchev–Trinajstić information content (AvgIpc) is 2.38. The number of benzene rings is 1. The number of anilines is 1. The molecule has 0 heterocycles. The van der Waals surface area contributed by atoms with Crippen LogP contribution in [0, 0.1) is 21.4 Å². The minimum absolute atomic E-state index is 0.0798. The van der Waals surface area contributed by atoms with Crippen LogP contribution in [0.15, 0.2) is 18.2 Å². The van der Waals surface area contributed by atoms with E-state index < -0.39 is 4.92 Å². The molecule has 0 radical (unpaired) electrons. The summed E-state index contributed by atoms with van der Waals surface area (Å²) in [6.07, 6.45) is 0.944. The molecular weight excluding hydrogens is 246 g/mol. The summed E-state index contributed by atoms with van der Waals surface area (Å²) in [5.74, 6) is 0. The van der Waals surface area contributed by atoms with Gasteiger partial charge in [-0.2, -0.15) is 5.26 Å². The molecule has 6 nitrogen and oxygen atoms in total. The van der Waals surface area contributed by atoms with Crippen molar-refractivity contribution in [3.05, 3.63) is 33.9 Å². The Bertz CT molecular complexity index is 481. The number of hydrogen-bond acceptors (Lipinski definition) is 5. The Hall–Kier alpha value is -2.13. The monoisotopic (exact) mass is 263 g/mol. The van der Waals surface area contributed by atoms with Gasteiger partial charge in [-0.15, -0.1) is 0 Å². The Labute approximate surface area is 112 Å². The number of rotatable bonds is 7. The average molecular weight is 263 g/mol. The molecule has 0 spiro atoms. The highest BCUT2D eigenvalue weighted by Gasteiger charge is 2.14. The smallest absolute Gasteiger partial charge is 0.293 e. The van der Waals surface area contributed by atoms with E-state index in [1.165, 1.54) is 6.07 Å². The van der Waals surface area contributed by atoms with Gasteiger partial charge in [-0.25, -0.2) is 0 Å². The highest BCUT2D eigenvalue weighted by Crippen LogP contribution is 2.25. The van der Waals surface area contributed by atoms with E-state index in [4.69, 9.17) is 10.00 Å². The largest absolute Gasteiger partial charge is 0.379 e. The molecular formula is C13H17N3O3. The minimum Gasteiger partial charge on any atom is -0.379 e. The van der Waals surface area contributed by atoms with Gasteiger partial charge in [0, 0.05) is 19.2 Å². The van der Waals surface area contributed by atoms with Crippen molar-refractivity contribution in [2.45, 2.75) is 26.4 Å². The zero-order valence-corrected chi connectivity index (χ0v) is 11.0. The summed E-state index contributed by atoms with van der Waals surface area (Å²) in [7, 11) is 0. The first-order valence-electron chi connectivity index (χ1n) is 6.08. The van der Waals surface area contributed by atoms with E-state index in [0.717, 1.165) is 6.42 Å². The molecule has 1 aromatic rings. The summed E-state index contributed by atoms with van der Waals surface area (Å²) in [4.78, 5) is 10.4. The fourth-order valence-electron chi connectivity index (χ4n) is 1.52.